The third kappa shape index (κ3) is 3.81. The number of nitrogens with one attached hydrogen (secondary N) is 2. The molecule has 1 fully saturated rings. The van der Waals surface area contributed by atoms with Crippen molar-refractivity contribution in [3.63, 3.8) is 0 Å². The third-order valence-corrected chi connectivity index (χ3v) is 4.62. The quantitative estimate of drug-likeness (QED) is 0.731. The highest BCUT2D eigenvalue weighted by Crippen LogP contribution is 2.29. The van der Waals surface area contributed by atoms with E-state index in [1.807, 2.05) is 18.2 Å². The van der Waals surface area contributed by atoms with Crippen LogP contribution in [0.25, 0.3) is 0 Å². The molecule has 1 aromatic rings. The van der Waals surface area contributed by atoms with Gasteiger partial charge in [-0.2, -0.15) is 0 Å². The van der Waals surface area contributed by atoms with Gasteiger partial charge in [0, 0.05) is 11.7 Å². The van der Waals surface area contributed by atoms with E-state index in [0.29, 0.717) is 31.4 Å². The Bertz CT molecular complexity index is 689. The van der Waals surface area contributed by atoms with Crippen molar-refractivity contribution in [3.8, 4) is 0 Å². The molecule has 1 aromatic carbocycles. The smallest absolute Gasteiger partial charge is 0.326 e. The van der Waals surface area contributed by atoms with E-state index in [1.165, 1.54) is 4.90 Å². The molecular formula is C18H21N3O4. The largest absolute Gasteiger partial charge is 0.480 e. The highest BCUT2D eigenvalue weighted by molar-refractivity contribution is 5.95. The fourth-order valence-electron chi connectivity index (χ4n) is 3.42. The monoisotopic (exact) mass is 343 g/mol. The van der Waals surface area contributed by atoms with Gasteiger partial charge in [0.2, 0.25) is 5.91 Å². The number of urea groups is 1. The molecule has 3 N–H and O–H groups in total. The number of anilines is 1. The van der Waals surface area contributed by atoms with E-state index >= 15 is 0 Å². The van der Waals surface area contributed by atoms with Crippen LogP contribution in [0.15, 0.2) is 42.5 Å². The summed E-state index contributed by atoms with van der Waals surface area (Å²) in [5.41, 5.74) is 0.622. The van der Waals surface area contributed by atoms with Crippen molar-refractivity contribution in [3.05, 3.63) is 42.5 Å². The van der Waals surface area contributed by atoms with Crippen LogP contribution < -0.4 is 10.6 Å². The van der Waals surface area contributed by atoms with Crippen molar-refractivity contribution in [2.75, 3.05) is 5.32 Å². The SMILES string of the molecule is O=C(Nc1ccccc1)N[C@H]1C/C=C\C[C@@H]2CC[C@@H](C(=O)O)N2C1=O. The summed E-state index contributed by atoms with van der Waals surface area (Å²) in [6.07, 6.45) is 5.93. The van der Waals surface area contributed by atoms with Gasteiger partial charge in [-0.3, -0.25) is 4.79 Å². The number of para-hydroxylation sites is 1. The lowest BCUT2D eigenvalue weighted by Gasteiger charge is -2.32. The summed E-state index contributed by atoms with van der Waals surface area (Å²) in [7, 11) is 0. The Morgan fingerprint density at radius 1 is 1.08 bits per heavy atom. The second-order valence-electron chi connectivity index (χ2n) is 6.29. The number of carbonyl (C=O) groups excluding carboxylic acids is 2. The number of hydrogen-bond acceptors (Lipinski definition) is 3. The highest BCUT2D eigenvalue weighted by Gasteiger charge is 2.43. The molecule has 0 aliphatic carbocycles. The van der Waals surface area contributed by atoms with E-state index in [4.69, 9.17) is 0 Å². The van der Waals surface area contributed by atoms with Gasteiger partial charge in [0.15, 0.2) is 0 Å². The first-order valence-electron chi connectivity index (χ1n) is 8.39. The fraction of sp³-hybridized carbons (Fsp3) is 0.389. The minimum absolute atomic E-state index is 0.119. The van der Waals surface area contributed by atoms with Crippen LogP contribution in [-0.2, 0) is 9.59 Å². The standard InChI is InChI=1S/C18H21N3O4/c22-16-14(20-18(25)19-12-6-2-1-3-7-12)9-5-4-8-13-10-11-15(17(23)24)21(13)16/h1-7,13-15H,8-11H2,(H,23,24)(H2,19,20,25)/b5-4-/t13-,14+,15+/m1/s1. The average molecular weight is 343 g/mol. The molecule has 0 spiro atoms. The van der Waals surface area contributed by atoms with Crippen LogP contribution in [0.3, 0.4) is 0 Å². The Balaban J connectivity index is 1.72. The molecule has 3 rings (SSSR count). The van der Waals surface area contributed by atoms with Gasteiger partial charge in [-0.25, -0.2) is 9.59 Å². The number of aliphatic carboxylic acids is 1. The number of fused-ring (bicyclic) bond motifs is 1. The van der Waals surface area contributed by atoms with Crippen molar-refractivity contribution in [2.45, 2.75) is 43.8 Å². The first-order chi connectivity index (χ1) is 12.1. The summed E-state index contributed by atoms with van der Waals surface area (Å²) >= 11 is 0. The Morgan fingerprint density at radius 3 is 2.52 bits per heavy atom. The predicted molar refractivity (Wildman–Crippen MR) is 92.1 cm³/mol. The van der Waals surface area contributed by atoms with Crippen LogP contribution >= 0.6 is 0 Å². The zero-order chi connectivity index (χ0) is 17.8. The molecule has 0 saturated carbocycles. The van der Waals surface area contributed by atoms with Crippen LogP contribution in [0.1, 0.15) is 25.7 Å². The van der Waals surface area contributed by atoms with Gasteiger partial charge < -0.3 is 20.6 Å². The number of carboxylic acid groups (broad SMARTS) is 1. The van der Waals surface area contributed by atoms with Crippen LogP contribution in [0.5, 0.6) is 0 Å². The number of hydrogen-bond donors (Lipinski definition) is 3. The second kappa shape index (κ2) is 7.38. The summed E-state index contributed by atoms with van der Waals surface area (Å²) in [6, 6.07) is 6.73. The van der Waals surface area contributed by atoms with Crippen molar-refractivity contribution in [2.24, 2.45) is 0 Å². The van der Waals surface area contributed by atoms with Gasteiger partial charge in [0.1, 0.15) is 12.1 Å². The van der Waals surface area contributed by atoms with Gasteiger partial charge in [0.25, 0.3) is 0 Å². The highest BCUT2D eigenvalue weighted by atomic mass is 16.4. The molecule has 0 bridgehead atoms. The third-order valence-electron chi connectivity index (χ3n) is 4.62. The number of nitrogens with zero attached hydrogens (tertiary/aromatic N) is 1. The molecule has 2 heterocycles. The zero-order valence-electron chi connectivity index (χ0n) is 13.7. The van der Waals surface area contributed by atoms with Crippen LogP contribution in [0.4, 0.5) is 10.5 Å². The number of benzene rings is 1. The average Bonchev–Trinajstić information content (AvgIpc) is 3.00. The Labute approximate surface area is 145 Å². The minimum Gasteiger partial charge on any atom is -0.480 e. The van der Waals surface area contributed by atoms with Crippen LogP contribution in [-0.4, -0.2) is 46.0 Å². The topological polar surface area (TPSA) is 98.7 Å². The van der Waals surface area contributed by atoms with Gasteiger partial charge in [0.05, 0.1) is 0 Å². The maximum Gasteiger partial charge on any atom is 0.326 e. The van der Waals surface area contributed by atoms with Gasteiger partial charge in [-0.1, -0.05) is 30.4 Å². The maximum absolute atomic E-state index is 12.9. The lowest BCUT2D eigenvalue weighted by atomic mass is 10.0. The molecule has 0 aromatic heterocycles. The summed E-state index contributed by atoms with van der Waals surface area (Å²) in [5.74, 6) is -1.32. The number of carbonyl (C=O) groups is 3. The molecule has 25 heavy (non-hydrogen) atoms. The first kappa shape index (κ1) is 17.0. The van der Waals surface area contributed by atoms with Gasteiger partial charge >= 0.3 is 12.0 Å². The minimum atomic E-state index is -0.993. The van der Waals surface area contributed by atoms with Crippen molar-refractivity contribution in [1.29, 1.82) is 0 Å². The van der Waals surface area contributed by atoms with Gasteiger partial charge in [-0.05, 0) is 37.8 Å². The fourth-order valence-corrected chi connectivity index (χ4v) is 3.42. The molecule has 7 heteroatoms. The van der Waals surface area contributed by atoms with Gasteiger partial charge in [-0.15, -0.1) is 0 Å². The van der Waals surface area contributed by atoms with E-state index in [1.54, 1.807) is 24.3 Å². The van der Waals surface area contributed by atoms with Crippen molar-refractivity contribution >= 4 is 23.6 Å². The Morgan fingerprint density at radius 2 is 1.80 bits per heavy atom. The Hall–Kier alpha value is -2.83. The summed E-state index contributed by atoms with van der Waals surface area (Å²) in [5, 5.41) is 14.7. The molecular weight excluding hydrogens is 322 g/mol. The number of amides is 3. The van der Waals surface area contributed by atoms with E-state index in [9.17, 15) is 19.5 Å². The molecule has 3 atom stereocenters. The number of carboxylic acids is 1. The molecule has 1 saturated heterocycles. The maximum atomic E-state index is 12.9. The lowest BCUT2D eigenvalue weighted by Crippen LogP contribution is -2.55. The summed E-state index contributed by atoms with van der Waals surface area (Å²) in [4.78, 5) is 38.0. The Kier molecular flexibility index (Phi) is 5.02. The first-order valence-corrected chi connectivity index (χ1v) is 8.39. The molecule has 3 amide bonds. The second-order valence-corrected chi connectivity index (χ2v) is 6.29. The van der Waals surface area contributed by atoms with E-state index < -0.39 is 24.1 Å². The van der Waals surface area contributed by atoms with Crippen molar-refractivity contribution < 1.29 is 19.5 Å². The molecule has 2 aliphatic rings. The zero-order valence-corrected chi connectivity index (χ0v) is 13.7. The van der Waals surface area contributed by atoms with E-state index in [0.717, 1.165) is 0 Å². The normalized spacial score (nSPS) is 27.0. The molecule has 7 nitrogen and oxygen atoms in total. The molecule has 0 unspecified atom stereocenters. The lowest BCUT2D eigenvalue weighted by molar-refractivity contribution is -0.150. The molecule has 2 aliphatic heterocycles. The number of rotatable bonds is 3. The van der Waals surface area contributed by atoms with Crippen LogP contribution in [0.2, 0.25) is 0 Å². The van der Waals surface area contributed by atoms with Crippen LogP contribution in [0, 0.1) is 0 Å². The van der Waals surface area contributed by atoms with E-state index in [2.05, 4.69) is 10.6 Å². The van der Waals surface area contributed by atoms with E-state index in [-0.39, 0.29) is 11.9 Å². The van der Waals surface area contributed by atoms with Crippen molar-refractivity contribution in [1.82, 2.24) is 10.2 Å². The summed E-state index contributed by atoms with van der Waals surface area (Å²) < 4.78 is 0. The molecule has 132 valence electrons. The summed E-state index contributed by atoms with van der Waals surface area (Å²) in [6.45, 7) is 0. The predicted octanol–water partition coefficient (Wildman–Crippen LogP) is 1.97. The molecule has 0 radical (unpaired) electrons.